The van der Waals surface area contributed by atoms with E-state index in [1.807, 2.05) is 0 Å². The Hall–Kier alpha value is -1.14. The molecule has 0 amide bonds. The van der Waals surface area contributed by atoms with Gasteiger partial charge in [-0.1, -0.05) is 11.6 Å². The van der Waals surface area contributed by atoms with E-state index < -0.39 is 5.82 Å². The predicted octanol–water partition coefficient (Wildman–Crippen LogP) is 2.15. The van der Waals surface area contributed by atoms with Gasteiger partial charge in [-0.05, 0) is 17.8 Å². The molecule has 0 radical (unpaired) electrons. The van der Waals surface area contributed by atoms with Gasteiger partial charge in [0.25, 0.3) is 0 Å². The predicted molar refractivity (Wildman–Crippen MR) is 54.3 cm³/mol. The minimum atomic E-state index is -0.462. The third kappa shape index (κ3) is 2.27. The first-order chi connectivity index (χ1) is 7.16. The molecule has 78 valence electrons. The highest BCUT2D eigenvalue weighted by molar-refractivity contribution is 7.99. The van der Waals surface area contributed by atoms with Crippen molar-refractivity contribution in [2.24, 2.45) is 7.05 Å². The zero-order valence-electron chi connectivity index (χ0n) is 7.69. The van der Waals surface area contributed by atoms with Crippen LogP contribution in [0.15, 0.2) is 28.8 Å². The fourth-order valence-corrected chi connectivity index (χ4v) is 1.80. The SMILES string of the molecule is Cn1ncnc1Sc1ncc(Cl)cc1F. The maximum atomic E-state index is 13.3. The van der Waals surface area contributed by atoms with Crippen LogP contribution in [0.1, 0.15) is 0 Å². The lowest BCUT2D eigenvalue weighted by Crippen LogP contribution is -1.94. The molecule has 2 aromatic rings. The number of rotatable bonds is 2. The minimum Gasteiger partial charge on any atom is -0.245 e. The van der Waals surface area contributed by atoms with Crippen molar-refractivity contribution >= 4 is 23.4 Å². The molecule has 0 spiro atoms. The van der Waals surface area contributed by atoms with Crippen molar-refractivity contribution in [1.82, 2.24) is 19.7 Å². The van der Waals surface area contributed by atoms with E-state index in [2.05, 4.69) is 15.1 Å². The summed E-state index contributed by atoms with van der Waals surface area (Å²) in [5.74, 6) is -0.462. The number of nitrogens with zero attached hydrogens (tertiary/aromatic N) is 4. The van der Waals surface area contributed by atoms with Gasteiger partial charge in [-0.2, -0.15) is 5.10 Å². The number of pyridine rings is 1. The van der Waals surface area contributed by atoms with Crippen LogP contribution >= 0.6 is 23.4 Å². The molecule has 2 rings (SSSR count). The van der Waals surface area contributed by atoms with E-state index in [0.29, 0.717) is 5.16 Å². The molecule has 15 heavy (non-hydrogen) atoms. The topological polar surface area (TPSA) is 43.6 Å². The molecule has 2 heterocycles. The maximum absolute atomic E-state index is 13.3. The molecular formula is C8H6ClFN4S. The summed E-state index contributed by atoms with van der Waals surface area (Å²) in [6, 6.07) is 1.22. The molecule has 0 N–H and O–H groups in total. The Labute approximate surface area is 94.5 Å². The molecule has 0 fully saturated rings. The first kappa shape index (κ1) is 10.4. The molecule has 2 aromatic heterocycles. The zero-order valence-corrected chi connectivity index (χ0v) is 9.26. The molecule has 0 atom stereocenters. The summed E-state index contributed by atoms with van der Waals surface area (Å²) in [7, 11) is 1.73. The van der Waals surface area contributed by atoms with Crippen molar-refractivity contribution in [1.29, 1.82) is 0 Å². The third-order valence-electron chi connectivity index (χ3n) is 1.63. The second-order valence-corrected chi connectivity index (χ2v) is 4.10. The Morgan fingerprint density at radius 2 is 2.27 bits per heavy atom. The number of hydrogen-bond donors (Lipinski definition) is 0. The van der Waals surface area contributed by atoms with E-state index in [1.54, 1.807) is 11.7 Å². The average Bonchev–Trinajstić information content (AvgIpc) is 2.57. The van der Waals surface area contributed by atoms with Crippen LogP contribution < -0.4 is 0 Å². The monoisotopic (exact) mass is 244 g/mol. The number of aryl methyl sites for hydroxylation is 1. The van der Waals surface area contributed by atoms with Crippen molar-refractivity contribution in [3.8, 4) is 0 Å². The van der Waals surface area contributed by atoms with Crippen molar-refractivity contribution in [3.05, 3.63) is 29.4 Å². The highest BCUT2D eigenvalue weighted by Gasteiger charge is 2.10. The highest BCUT2D eigenvalue weighted by Crippen LogP contribution is 2.26. The Morgan fingerprint density at radius 1 is 1.47 bits per heavy atom. The van der Waals surface area contributed by atoms with Crippen LogP contribution in [0.4, 0.5) is 4.39 Å². The van der Waals surface area contributed by atoms with Gasteiger partial charge in [0.1, 0.15) is 11.4 Å². The summed E-state index contributed by atoms with van der Waals surface area (Å²) < 4.78 is 14.9. The molecule has 0 aromatic carbocycles. The van der Waals surface area contributed by atoms with Gasteiger partial charge >= 0.3 is 0 Å². The molecule has 0 saturated carbocycles. The Kier molecular flexibility index (Phi) is 2.88. The van der Waals surface area contributed by atoms with E-state index >= 15 is 0 Å². The standard InChI is InChI=1S/C8H6ClFN4S/c1-14-8(12-4-13-14)15-7-6(10)2-5(9)3-11-7/h2-4H,1H3. The van der Waals surface area contributed by atoms with Crippen LogP contribution in [0.25, 0.3) is 0 Å². The summed E-state index contributed by atoms with van der Waals surface area (Å²) in [5.41, 5.74) is 0. The molecular weight excluding hydrogens is 239 g/mol. The number of hydrogen-bond acceptors (Lipinski definition) is 4. The Bertz CT molecular complexity index is 487. The van der Waals surface area contributed by atoms with Crippen LogP contribution in [-0.4, -0.2) is 19.7 Å². The van der Waals surface area contributed by atoms with E-state index in [-0.39, 0.29) is 10.0 Å². The van der Waals surface area contributed by atoms with E-state index in [9.17, 15) is 4.39 Å². The lowest BCUT2D eigenvalue weighted by atomic mass is 10.5. The van der Waals surface area contributed by atoms with Crippen LogP contribution in [-0.2, 0) is 7.05 Å². The molecule has 7 heteroatoms. The van der Waals surface area contributed by atoms with E-state index in [0.717, 1.165) is 11.8 Å². The first-order valence-electron chi connectivity index (χ1n) is 3.99. The highest BCUT2D eigenvalue weighted by atomic mass is 35.5. The van der Waals surface area contributed by atoms with Gasteiger partial charge in [0.2, 0.25) is 0 Å². The van der Waals surface area contributed by atoms with Crippen LogP contribution in [0, 0.1) is 5.82 Å². The Balaban J connectivity index is 2.29. The number of aromatic nitrogens is 4. The normalized spacial score (nSPS) is 10.6. The van der Waals surface area contributed by atoms with Gasteiger partial charge in [-0.25, -0.2) is 19.0 Å². The maximum Gasteiger partial charge on any atom is 0.192 e. The Morgan fingerprint density at radius 3 is 2.87 bits per heavy atom. The van der Waals surface area contributed by atoms with E-state index in [4.69, 9.17) is 11.6 Å². The van der Waals surface area contributed by atoms with Gasteiger partial charge in [0.15, 0.2) is 11.0 Å². The van der Waals surface area contributed by atoms with Gasteiger partial charge in [0, 0.05) is 13.2 Å². The van der Waals surface area contributed by atoms with Crippen LogP contribution in [0.3, 0.4) is 0 Å². The zero-order chi connectivity index (χ0) is 10.8. The van der Waals surface area contributed by atoms with E-state index in [1.165, 1.54) is 18.6 Å². The lowest BCUT2D eigenvalue weighted by Gasteiger charge is -2.00. The van der Waals surface area contributed by atoms with Crippen LogP contribution in [0.5, 0.6) is 0 Å². The van der Waals surface area contributed by atoms with Gasteiger partial charge in [-0.3, -0.25) is 0 Å². The largest absolute Gasteiger partial charge is 0.245 e. The quantitative estimate of drug-likeness (QED) is 0.812. The lowest BCUT2D eigenvalue weighted by molar-refractivity contribution is 0.586. The molecule has 0 aliphatic heterocycles. The molecule has 0 unspecified atom stereocenters. The summed E-state index contributed by atoms with van der Waals surface area (Å²) in [6.45, 7) is 0. The fraction of sp³-hybridized carbons (Fsp3) is 0.125. The average molecular weight is 245 g/mol. The second kappa shape index (κ2) is 4.16. The van der Waals surface area contributed by atoms with Crippen molar-refractivity contribution in [2.75, 3.05) is 0 Å². The molecule has 0 aliphatic rings. The summed E-state index contributed by atoms with van der Waals surface area (Å²) in [5, 5.41) is 4.95. The van der Waals surface area contributed by atoms with Gasteiger partial charge < -0.3 is 0 Å². The molecule has 4 nitrogen and oxygen atoms in total. The second-order valence-electron chi connectivity index (χ2n) is 2.71. The smallest absolute Gasteiger partial charge is 0.192 e. The summed E-state index contributed by atoms with van der Waals surface area (Å²) in [6.07, 6.45) is 2.79. The molecule has 0 saturated heterocycles. The third-order valence-corrected chi connectivity index (χ3v) is 2.88. The minimum absolute atomic E-state index is 0.232. The van der Waals surface area contributed by atoms with Crippen molar-refractivity contribution in [3.63, 3.8) is 0 Å². The van der Waals surface area contributed by atoms with Crippen LogP contribution in [0.2, 0.25) is 5.02 Å². The van der Waals surface area contributed by atoms with Gasteiger partial charge in [-0.15, -0.1) is 0 Å². The molecule has 0 aliphatic carbocycles. The fourth-order valence-electron chi connectivity index (χ4n) is 0.942. The summed E-state index contributed by atoms with van der Waals surface area (Å²) in [4.78, 5) is 7.82. The van der Waals surface area contributed by atoms with Gasteiger partial charge in [0.05, 0.1) is 5.02 Å². The number of halogens is 2. The summed E-state index contributed by atoms with van der Waals surface area (Å²) >= 11 is 6.69. The first-order valence-corrected chi connectivity index (χ1v) is 5.19. The van der Waals surface area contributed by atoms with Crippen molar-refractivity contribution in [2.45, 2.75) is 10.2 Å². The molecule has 0 bridgehead atoms. The van der Waals surface area contributed by atoms with Crippen molar-refractivity contribution < 1.29 is 4.39 Å².